The van der Waals surface area contributed by atoms with E-state index in [2.05, 4.69) is 23.6 Å². The summed E-state index contributed by atoms with van der Waals surface area (Å²) in [5.74, 6) is 0.124. The van der Waals surface area contributed by atoms with Gasteiger partial charge in [-0.15, -0.1) is 0 Å². The summed E-state index contributed by atoms with van der Waals surface area (Å²) in [6.07, 6.45) is 3.05. The minimum atomic E-state index is -0.213. The van der Waals surface area contributed by atoms with Crippen LogP contribution in [0.2, 0.25) is 0 Å². The molecule has 2 N–H and O–H groups in total. The molecule has 1 fully saturated rings. The topological polar surface area (TPSA) is 64.9 Å². The van der Waals surface area contributed by atoms with E-state index in [1.807, 2.05) is 6.92 Å². The summed E-state index contributed by atoms with van der Waals surface area (Å²) < 4.78 is 0. The Bertz CT molecular complexity index is 276. The Kier molecular flexibility index (Phi) is 4.75. The van der Waals surface area contributed by atoms with Gasteiger partial charge in [0.2, 0.25) is 5.91 Å². The van der Waals surface area contributed by atoms with Gasteiger partial charge < -0.3 is 10.6 Å². The van der Waals surface area contributed by atoms with Crippen LogP contribution < -0.4 is 10.6 Å². The molecule has 4 nitrogen and oxygen atoms in total. The molecule has 1 aliphatic rings. The molecular weight excluding hydrogens is 202 g/mol. The van der Waals surface area contributed by atoms with Crippen molar-refractivity contribution in [1.29, 1.82) is 5.26 Å². The average molecular weight is 223 g/mol. The van der Waals surface area contributed by atoms with Gasteiger partial charge in [0.1, 0.15) is 0 Å². The highest BCUT2D eigenvalue weighted by molar-refractivity contribution is 5.83. The van der Waals surface area contributed by atoms with E-state index >= 15 is 0 Å². The highest BCUT2D eigenvalue weighted by Gasteiger charge is 2.37. The van der Waals surface area contributed by atoms with Gasteiger partial charge in [-0.2, -0.15) is 5.26 Å². The smallest absolute Gasteiger partial charge is 0.226 e. The standard InChI is InChI=1S/C12H21N3O/c1-3-12(5-8-14-9-6-12)11(16)15-10(2)4-7-13/h10,14H,3-6,8-9H2,1-2H3,(H,15,16). The monoisotopic (exact) mass is 223 g/mol. The van der Waals surface area contributed by atoms with Gasteiger partial charge in [0.25, 0.3) is 0 Å². The molecule has 1 saturated heterocycles. The van der Waals surface area contributed by atoms with E-state index in [-0.39, 0.29) is 17.4 Å². The summed E-state index contributed by atoms with van der Waals surface area (Å²) in [7, 11) is 0. The van der Waals surface area contributed by atoms with Crippen LogP contribution in [0.25, 0.3) is 0 Å². The number of piperidine rings is 1. The van der Waals surface area contributed by atoms with E-state index in [1.165, 1.54) is 0 Å². The zero-order valence-corrected chi connectivity index (χ0v) is 10.2. The first kappa shape index (κ1) is 13.0. The SMILES string of the molecule is CCC1(C(=O)NC(C)CC#N)CCNCC1. The van der Waals surface area contributed by atoms with Crippen molar-refractivity contribution >= 4 is 5.91 Å². The Hall–Kier alpha value is -1.08. The van der Waals surface area contributed by atoms with Crippen molar-refractivity contribution in [2.75, 3.05) is 13.1 Å². The van der Waals surface area contributed by atoms with Crippen LogP contribution in [0.1, 0.15) is 39.5 Å². The van der Waals surface area contributed by atoms with Crippen molar-refractivity contribution in [1.82, 2.24) is 10.6 Å². The molecule has 0 spiro atoms. The van der Waals surface area contributed by atoms with Crippen LogP contribution in [-0.4, -0.2) is 25.0 Å². The molecule has 4 heteroatoms. The van der Waals surface area contributed by atoms with Crippen LogP contribution in [0.15, 0.2) is 0 Å². The maximum atomic E-state index is 12.2. The predicted molar refractivity (Wildman–Crippen MR) is 62.7 cm³/mol. The molecule has 1 unspecified atom stereocenters. The van der Waals surface area contributed by atoms with Gasteiger partial charge >= 0.3 is 0 Å². The van der Waals surface area contributed by atoms with Crippen LogP contribution in [0.5, 0.6) is 0 Å². The van der Waals surface area contributed by atoms with Crippen molar-refractivity contribution in [3.63, 3.8) is 0 Å². The summed E-state index contributed by atoms with van der Waals surface area (Å²) >= 11 is 0. The number of nitrogens with one attached hydrogen (secondary N) is 2. The highest BCUT2D eigenvalue weighted by Crippen LogP contribution is 2.32. The molecule has 1 rings (SSSR count). The number of amides is 1. The van der Waals surface area contributed by atoms with Crippen LogP contribution in [0.3, 0.4) is 0 Å². The Morgan fingerprint density at radius 2 is 2.19 bits per heavy atom. The first-order valence-electron chi connectivity index (χ1n) is 6.03. The van der Waals surface area contributed by atoms with Crippen LogP contribution in [0, 0.1) is 16.7 Å². The number of nitrogens with zero attached hydrogens (tertiary/aromatic N) is 1. The quantitative estimate of drug-likeness (QED) is 0.752. The third-order valence-electron chi connectivity index (χ3n) is 3.49. The van der Waals surface area contributed by atoms with Crippen molar-refractivity contribution < 1.29 is 4.79 Å². The molecule has 0 bridgehead atoms. The van der Waals surface area contributed by atoms with E-state index in [1.54, 1.807) is 0 Å². The van der Waals surface area contributed by atoms with Crippen molar-refractivity contribution in [3.8, 4) is 6.07 Å². The lowest BCUT2D eigenvalue weighted by atomic mass is 9.75. The van der Waals surface area contributed by atoms with E-state index in [0.717, 1.165) is 32.4 Å². The van der Waals surface area contributed by atoms with Crippen LogP contribution >= 0.6 is 0 Å². The van der Waals surface area contributed by atoms with Crippen molar-refractivity contribution in [2.45, 2.75) is 45.6 Å². The normalized spacial score (nSPS) is 20.8. The molecule has 1 aliphatic heterocycles. The van der Waals surface area contributed by atoms with E-state index < -0.39 is 0 Å². The van der Waals surface area contributed by atoms with Gasteiger partial charge in [-0.3, -0.25) is 4.79 Å². The fourth-order valence-corrected chi connectivity index (χ4v) is 2.21. The number of hydrogen-bond acceptors (Lipinski definition) is 3. The summed E-state index contributed by atoms with van der Waals surface area (Å²) in [6, 6.07) is 2.03. The zero-order chi connectivity index (χ0) is 12.0. The second-order valence-electron chi connectivity index (χ2n) is 4.62. The van der Waals surface area contributed by atoms with Crippen LogP contribution in [-0.2, 0) is 4.79 Å². The minimum Gasteiger partial charge on any atom is -0.352 e. The van der Waals surface area contributed by atoms with Gasteiger partial charge in [0.05, 0.1) is 17.9 Å². The summed E-state index contributed by atoms with van der Waals surface area (Å²) in [5, 5.41) is 14.8. The van der Waals surface area contributed by atoms with Gasteiger partial charge in [-0.05, 0) is 39.3 Å². The molecular formula is C12H21N3O. The zero-order valence-electron chi connectivity index (χ0n) is 10.2. The molecule has 1 heterocycles. The molecule has 0 radical (unpaired) electrons. The van der Waals surface area contributed by atoms with E-state index in [4.69, 9.17) is 5.26 Å². The molecule has 0 aromatic rings. The van der Waals surface area contributed by atoms with Crippen molar-refractivity contribution in [3.05, 3.63) is 0 Å². The third-order valence-corrected chi connectivity index (χ3v) is 3.49. The number of carbonyl (C=O) groups excluding carboxylic acids is 1. The van der Waals surface area contributed by atoms with Gasteiger partial charge in [0.15, 0.2) is 0 Å². The molecule has 0 aromatic heterocycles. The molecule has 90 valence electrons. The lowest BCUT2D eigenvalue weighted by Crippen LogP contribution is -2.49. The number of carbonyl (C=O) groups is 1. The molecule has 0 aliphatic carbocycles. The first-order chi connectivity index (χ1) is 7.64. The first-order valence-corrected chi connectivity index (χ1v) is 6.03. The summed E-state index contributed by atoms with van der Waals surface area (Å²) in [5.41, 5.74) is -0.213. The molecule has 1 amide bonds. The lowest BCUT2D eigenvalue weighted by molar-refractivity contribution is -0.133. The summed E-state index contributed by atoms with van der Waals surface area (Å²) in [6.45, 7) is 5.77. The summed E-state index contributed by atoms with van der Waals surface area (Å²) in [4.78, 5) is 12.2. The largest absolute Gasteiger partial charge is 0.352 e. The third kappa shape index (κ3) is 2.96. The van der Waals surface area contributed by atoms with Crippen molar-refractivity contribution in [2.24, 2.45) is 5.41 Å². The second kappa shape index (κ2) is 5.86. The Labute approximate surface area is 97.4 Å². The molecule has 16 heavy (non-hydrogen) atoms. The van der Waals surface area contributed by atoms with E-state index in [0.29, 0.717) is 6.42 Å². The number of hydrogen-bond donors (Lipinski definition) is 2. The Morgan fingerprint density at radius 1 is 1.56 bits per heavy atom. The lowest BCUT2D eigenvalue weighted by Gasteiger charge is -2.36. The molecule has 1 atom stereocenters. The maximum Gasteiger partial charge on any atom is 0.226 e. The average Bonchev–Trinajstić information content (AvgIpc) is 2.30. The number of rotatable bonds is 4. The predicted octanol–water partition coefficient (Wildman–Crippen LogP) is 1.18. The van der Waals surface area contributed by atoms with Gasteiger partial charge in [0, 0.05) is 6.04 Å². The Balaban J connectivity index is 2.58. The minimum absolute atomic E-state index is 0.0455. The van der Waals surface area contributed by atoms with Gasteiger partial charge in [-0.1, -0.05) is 6.92 Å². The van der Waals surface area contributed by atoms with E-state index in [9.17, 15) is 4.79 Å². The fourth-order valence-electron chi connectivity index (χ4n) is 2.21. The Morgan fingerprint density at radius 3 is 2.69 bits per heavy atom. The maximum absolute atomic E-state index is 12.2. The molecule has 0 aromatic carbocycles. The second-order valence-corrected chi connectivity index (χ2v) is 4.62. The van der Waals surface area contributed by atoms with Crippen LogP contribution in [0.4, 0.5) is 0 Å². The number of nitriles is 1. The highest BCUT2D eigenvalue weighted by atomic mass is 16.2. The molecule has 0 saturated carbocycles. The van der Waals surface area contributed by atoms with Gasteiger partial charge in [-0.25, -0.2) is 0 Å². The fraction of sp³-hybridized carbons (Fsp3) is 0.833.